The Hall–Kier alpha value is -2.69. The summed E-state index contributed by atoms with van der Waals surface area (Å²) in [6, 6.07) is 15.5. The Bertz CT molecular complexity index is 1120. The van der Waals surface area contributed by atoms with Gasteiger partial charge in [-0.25, -0.2) is 0 Å². The fourth-order valence-corrected chi connectivity index (χ4v) is 5.73. The minimum Gasteiger partial charge on any atom is -0.494 e. The number of unbranched alkanes of at least 4 members (excludes halogenated alkanes) is 1. The van der Waals surface area contributed by atoms with Crippen LogP contribution >= 0.6 is 35.3 Å². The summed E-state index contributed by atoms with van der Waals surface area (Å²) < 4.78 is 5.79. The van der Waals surface area contributed by atoms with Crippen molar-refractivity contribution in [1.29, 1.82) is 0 Å². The van der Waals surface area contributed by atoms with E-state index in [4.69, 9.17) is 4.74 Å². The van der Waals surface area contributed by atoms with Gasteiger partial charge in [0.15, 0.2) is 0 Å². The summed E-state index contributed by atoms with van der Waals surface area (Å²) in [4.78, 5) is 47.3. The van der Waals surface area contributed by atoms with Crippen LogP contribution in [0.5, 0.6) is 5.75 Å². The lowest BCUT2D eigenvalue weighted by Gasteiger charge is -2.08. The Labute approximate surface area is 209 Å². The fourth-order valence-electron chi connectivity index (χ4n) is 3.28. The fraction of sp³-hybridized carbons (Fsp3) is 0.250. The SMILES string of the molecule is O=C1NC(=O)/C(=C\c2ccc(OCCCCSc3ccc(CC4SC(=O)NC4=O)cc3)cc2)S1. The highest BCUT2D eigenvalue weighted by Gasteiger charge is 2.31. The molecule has 2 aromatic carbocycles. The molecule has 2 N–H and O–H groups in total. The first-order valence-corrected chi connectivity index (χ1v) is 13.4. The Morgan fingerprint density at radius 3 is 2.32 bits per heavy atom. The molecule has 34 heavy (non-hydrogen) atoms. The van der Waals surface area contributed by atoms with Gasteiger partial charge in [-0.05, 0) is 78.2 Å². The molecule has 4 rings (SSSR count). The summed E-state index contributed by atoms with van der Waals surface area (Å²) in [5.74, 6) is 1.17. The summed E-state index contributed by atoms with van der Waals surface area (Å²) >= 11 is 3.73. The van der Waals surface area contributed by atoms with Crippen molar-refractivity contribution < 1.29 is 23.9 Å². The molecule has 0 aliphatic carbocycles. The molecule has 4 amide bonds. The van der Waals surface area contributed by atoms with Crippen molar-refractivity contribution in [1.82, 2.24) is 10.6 Å². The highest BCUT2D eigenvalue weighted by Crippen LogP contribution is 2.27. The summed E-state index contributed by atoms with van der Waals surface area (Å²) in [6.07, 6.45) is 4.18. The molecule has 0 radical (unpaired) electrons. The molecule has 2 heterocycles. The van der Waals surface area contributed by atoms with Gasteiger partial charge in [-0.15, -0.1) is 11.8 Å². The van der Waals surface area contributed by atoms with Crippen LogP contribution in [0.3, 0.4) is 0 Å². The van der Waals surface area contributed by atoms with E-state index in [1.807, 2.05) is 36.4 Å². The average Bonchev–Trinajstić information content (AvgIpc) is 3.31. The van der Waals surface area contributed by atoms with Crippen LogP contribution < -0.4 is 15.4 Å². The molecular formula is C24H22N2O5S3. The normalized spacial score (nSPS) is 18.9. The molecule has 1 unspecified atom stereocenters. The van der Waals surface area contributed by atoms with Gasteiger partial charge >= 0.3 is 0 Å². The lowest BCUT2D eigenvalue weighted by atomic mass is 10.1. The second kappa shape index (κ2) is 11.6. The van der Waals surface area contributed by atoms with E-state index in [9.17, 15) is 19.2 Å². The maximum Gasteiger partial charge on any atom is 0.290 e. The van der Waals surface area contributed by atoms with Gasteiger partial charge in [-0.2, -0.15) is 0 Å². The first kappa shape index (κ1) is 24.4. The number of carbonyl (C=O) groups is 4. The summed E-state index contributed by atoms with van der Waals surface area (Å²) in [6.45, 7) is 0.618. The van der Waals surface area contributed by atoms with E-state index >= 15 is 0 Å². The highest BCUT2D eigenvalue weighted by atomic mass is 32.2. The molecule has 2 fully saturated rings. The number of ether oxygens (including phenoxy) is 1. The van der Waals surface area contributed by atoms with Crippen molar-refractivity contribution in [2.45, 2.75) is 29.4 Å². The maximum absolute atomic E-state index is 11.7. The second-order valence-corrected chi connectivity index (χ2v) is 10.9. The Kier molecular flexibility index (Phi) is 8.36. The topological polar surface area (TPSA) is 102 Å². The van der Waals surface area contributed by atoms with Crippen molar-refractivity contribution >= 4 is 63.7 Å². The third kappa shape index (κ3) is 6.91. The number of rotatable bonds is 10. The maximum atomic E-state index is 11.7. The molecule has 2 aromatic rings. The van der Waals surface area contributed by atoms with Gasteiger partial charge in [-0.3, -0.25) is 29.8 Å². The lowest BCUT2D eigenvalue weighted by molar-refractivity contribution is -0.119. The number of benzene rings is 2. The molecule has 176 valence electrons. The van der Waals surface area contributed by atoms with E-state index < -0.39 is 0 Å². The van der Waals surface area contributed by atoms with E-state index in [-0.39, 0.29) is 27.5 Å². The first-order chi connectivity index (χ1) is 16.5. The predicted octanol–water partition coefficient (Wildman–Crippen LogP) is 4.86. The largest absolute Gasteiger partial charge is 0.494 e. The minimum atomic E-state index is -0.362. The standard InChI is InChI=1S/C24H22N2O5S3/c27-21-19(33-23(29)25-21)13-15-3-7-17(8-4-15)31-11-1-2-12-32-18-9-5-16(6-10-18)14-20-22(28)26-24(30)34-20/h3-10,13,20H,1-2,11-12,14H2,(H,25,27,29)(H,26,28,30)/b19-13+. The monoisotopic (exact) mass is 514 g/mol. The number of hydrogen-bond acceptors (Lipinski definition) is 8. The molecule has 0 spiro atoms. The van der Waals surface area contributed by atoms with Gasteiger partial charge in [0, 0.05) is 4.90 Å². The number of hydrogen-bond donors (Lipinski definition) is 2. The van der Waals surface area contributed by atoms with Gasteiger partial charge in [0.25, 0.3) is 16.4 Å². The Morgan fingerprint density at radius 1 is 0.912 bits per heavy atom. The predicted molar refractivity (Wildman–Crippen MR) is 136 cm³/mol. The van der Waals surface area contributed by atoms with Crippen LogP contribution in [0, 0.1) is 0 Å². The summed E-state index contributed by atoms with van der Waals surface area (Å²) in [7, 11) is 0. The van der Waals surface area contributed by atoms with Gasteiger partial charge < -0.3 is 4.74 Å². The molecule has 10 heteroatoms. The van der Waals surface area contributed by atoms with E-state index in [0.29, 0.717) is 17.9 Å². The highest BCUT2D eigenvalue weighted by molar-refractivity contribution is 8.18. The van der Waals surface area contributed by atoms with Gasteiger partial charge in [0.1, 0.15) is 5.75 Å². The molecule has 1 atom stereocenters. The molecule has 2 saturated heterocycles. The molecule has 2 aliphatic heterocycles. The van der Waals surface area contributed by atoms with Crippen molar-refractivity contribution in [3.63, 3.8) is 0 Å². The molecule has 7 nitrogen and oxygen atoms in total. The van der Waals surface area contributed by atoms with Crippen molar-refractivity contribution in [2.24, 2.45) is 0 Å². The Morgan fingerprint density at radius 2 is 1.68 bits per heavy atom. The van der Waals surface area contributed by atoms with Crippen molar-refractivity contribution in [3.8, 4) is 5.75 Å². The number of amides is 4. The van der Waals surface area contributed by atoms with Crippen molar-refractivity contribution in [3.05, 3.63) is 64.6 Å². The van der Waals surface area contributed by atoms with Crippen molar-refractivity contribution in [2.75, 3.05) is 12.4 Å². The van der Waals surface area contributed by atoms with Crippen LogP contribution in [0.15, 0.2) is 58.3 Å². The molecule has 0 saturated carbocycles. The first-order valence-electron chi connectivity index (χ1n) is 10.7. The number of imide groups is 2. The third-order valence-electron chi connectivity index (χ3n) is 5.01. The van der Waals surface area contributed by atoms with Gasteiger partial charge in [0.05, 0.1) is 16.8 Å². The van der Waals surface area contributed by atoms with E-state index in [1.165, 1.54) is 4.90 Å². The zero-order valence-electron chi connectivity index (χ0n) is 18.1. The van der Waals surface area contributed by atoms with Crippen LogP contribution in [-0.2, 0) is 16.0 Å². The number of nitrogens with one attached hydrogen (secondary N) is 2. The van der Waals surface area contributed by atoms with E-state index in [2.05, 4.69) is 22.8 Å². The van der Waals surface area contributed by atoms with E-state index in [0.717, 1.165) is 59.0 Å². The molecule has 0 aromatic heterocycles. The number of thioether (sulfide) groups is 3. The van der Waals surface area contributed by atoms with Gasteiger partial charge in [-0.1, -0.05) is 36.0 Å². The molecule has 0 bridgehead atoms. The van der Waals surface area contributed by atoms with Crippen LogP contribution in [0.2, 0.25) is 0 Å². The zero-order valence-corrected chi connectivity index (χ0v) is 20.5. The second-order valence-electron chi connectivity index (χ2n) is 7.56. The van der Waals surface area contributed by atoms with Crippen LogP contribution in [0.1, 0.15) is 24.0 Å². The van der Waals surface area contributed by atoms with Crippen LogP contribution in [0.25, 0.3) is 6.08 Å². The minimum absolute atomic E-state index is 0.209. The van der Waals surface area contributed by atoms with Gasteiger partial charge in [0.2, 0.25) is 5.91 Å². The smallest absolute Gasteiger partial charge is 0.290 e. The number of carbonyl (C=O) groups excluding carboxylic acids is 4. The average molecular weight is 515 g/mol. The summed E-state index contributed by atoms with van der Waals surface area (Å²) in [5.41, 5.74) is 1.88. The van der Waals surface area contributed by atoms with Crippen LogP contribution in [0.4, 0.5) is 9.59 Å². The zero-order chi connectivity index (χ0) is 23.9. The third-order valence-corrected chi connectivity index (χ3v) is 7.90. The molecule has 2 aliphatic rings. The molecular weight excluding hydrogens is 492 g/mol. The quantitative estimate of drug-likeness (QED) is 0.263. The van der Waals surface area contributed by atoms with E-state index in [1.54, 1.807) is 17.8 Å². The summed E-state index contributed by atoms with van der Waals surface area (Å²) in [5, 5.41) is 3.60. The van der Waals surface area contributed by atoms with Crippen LogP contribution in [-0.4, -0.2) is 39.9 Å². The Balaban J connectivity index is 1.12. The lowest BCUT2D eigenvalue weighted by Crippen LogP contribution is -2.25.